The summed E-state index contributed by atoms with van der Waals surface area (Å²) < 4.78 is 1.20. The summed E-state index contributed by atoms with van der Waals surface area (Å²) in [6.07, 6.45) is 6.57. The number of nitrogens with one attached hydrogen (secondary N) is 1. The Balaban J connectivity index is 1.31. The quantitative estimate of drug-likeness (QED) is 0.298. The number of carbonyl (C=O) groups is 2. The standard InChI is InChI=1S/C31H36N4O2S/c1-20-6-5-7-21(2)35(20)18-30(37)34-27(17-24-19-38-29-9-4-3-8-25(24)29)28(36)13-11-22-10-12-26-23(16-22)14-15-33-31(26)32/h3-4,8-10,12,14-16,19-21,27H,5-7,11,13,17-18H2,1-2H3,(H2,32,33)(H,34,37)/t20-,21+,27-/m0/s1. The number of rotatable bonds is 9. The molecule has 2 aromatic heterocycles. The normalized spacial score (nSPS) is 19.0. The largest absolute Gasteiger partial charge is 0.383 e. The van der Waals surface area contributed by atoms with Gasteiger partial charge in [0.15, 0.2) is 5.78 Å². The van der Waals surface area contributed by atoms with Crippen molar-refractivity contribution in [2.75, 3.05) is 12.3 Å². The average molecular weight is 529 g/mol. The van der Waals surface area contributed by atoms with Crippen LogP contribution in [0.15, 0.2) is 60.1 Å². The molecule has 0 bridgehead atoms. The number of carbonyl (C=O) groups excluding carboxylic acids is 2. The molecule has 0 aliphatic carbocycles. The van der Waals surface area contributed by atoms with E-state index in [-0.39, 0.29) is 11.7 Å². The molecule has 1 aliphatic rings. The maximum Gasteiger partial charge on any atom is 0.234 e. The number of anilines is 1. The second-order valence-corrected chi connectivity index (χ2v) is 11.5. The van der Waals surface area contributed by atoms with Crippen molar-refractivity contribution in [3.8, 4) is 0 Å². The summed E-state index contributed by atoms with van der Waals surface area (Å²) >= 11 is 1.68. The number of hydrogen-bond acceptors (Lipinski definition) is 6. The minimum absolute atomic E-state index is 0.0581. The average Bonchev–Trinajstić information content (AvgIpc) is 3.32. The Labute approximate surface area is 228 Å². The van der Waals surface area contributed by atoms with E-state index in [2.05, 4.69) is 52.6 Å². The zero-order chi connectivity index (χ0) is 26.6. The molecule has 3 atom stereocenters. The molecule has 0 unspecified atom stereocenters. The number of fused-ring (bicyclic) bond motifs is 2. The number of hydrogen-bond donors (Lipinski definition) is 2. The van der Waals surface area contributed by atoms with Crippen molar-refractivity contribution >= 4 is 49.7 Å². The number of benzene rings is 2. The van der Waals surface area contributed by atoms with Gasteiger partial charge in [0.25, 0.3) is 0 Å². The summed E-state index contributed by atoms with van der Waals surface area (Å²) in [5.41, 5.74) is 8.17. The van der Waals surface area contributed by atoms with E-state index >= 15 is 0 Å². The van der Waals surface area contributed by atoms with Crippen LogP contribution in [0.5, 0.6) is 0 Å². The third kappa shape index (κ3) is 5.89. The topological polar surface area (TPSA) is 88.3 Å². The number of Topliss-reactive ketones (excluding diaryl/α,β-unsaturated/α-hetero) is 1. The van der Waals surface area contributed by atoms with E-state index in [0.717, 1.165) is 40.1 Å². The van der Waals surface area contributed by atoms with Crippen molar-refractivity contribution < 1.29 is 9.59 Å². The first-order valence-corrected chi connectivity index (χ1v) is 14.4. The highest BCUT2D eigenvalue weighted by molar-refractivity contribution is 7.17. The first-order valence-electron chi connectivity index (χ1n) is 13.5. The summed E-state index contributed by atoms with van der Waals surface area (Å²) in [4.78, 5) is 33.3. The molecule has 7 heteroatoms. The van der Waals surface area contributed by atoms with Crippen LogP contribution in [-0.2, 0) is 22.4 Å². The first kappa shape index (κ1) is 26.3. The van der Waals surface area contributed by atoms with Gasteiger partial charge >= 0.3 is 0 Å². The summed E-state index contributed by atoms with van der Waals surface area (Å²) in [5.74, 6) is 0.494. The van der Waals surface area contributed by atoms with E-state index in [0.29, 0.717) is 43.7 Å². The van der Waals surface area contributed by atoms with Crippen molar-refractivity contribution in [1.82, 2.24) is 15.2 Å². The number of nitrogens with two attached hydrogens (primary N) is 1. The Kier molecular flexibility index (Phi) is 8.05. The molecule has 4 aromatic rings. The van der Waals surface area contributed by atoms with Crippen LogP contribution in [0.2, 0.25) is 0 Å². The summed E-state index contributed by atoms with van der Waals surface area (Å²) in [6, 6.07) is 16.4. The van der Waals surface area contributed by atoms with Crippen LogP contribution in [-0.4, -0.2) is 46.2 Å². The number of pyridine rings is 1. The number of nitrogen functional groups attached to an aromatic ring is 1. The lowest BCUT2D eigenvalue weighted by Gasteiger charge is -2.38. The summed E-state index contributed by atoms with van der Waals surface area (Å²) in [5, 5.41) is 8.34. The number of nitrogens with zero attached hydrogens (tertiary/aromatic N) is 2. The number of thiophene rings is 1. The predicted molar refractivity (Wildman–Crippen MR) is 156 cm³/mol. The second kappa shape index (κ2) is 11.6. The molecule has 1 fully saturated rings. The number of ketones is 1. The molecule has 38 heavy (non-hydrogen) atoms. The molecular formula is C31H36N4O2S. The van der Waals surface area contributed by atoms with Crippen molar-refractivity contribution in [2.24, 2.45) is 0 Å². The van der Waals surface area contributed by atoms with Gasteiger partial charge in [-0.15, -0.1) is 11.3 Å². The number of likely N-dealkylation sites (tertiary alicyclic amines) is 1. The second-order valence-electron chi connectivity index (χ2n) is 10.6. The van der Waals surface area contributed by atoms with Crippen LogP contribution in [0, 0.1) is 0 Å². The molecule has 6 nitrogen and oxygen atoms in total. The fourth-order valence-electron chi connectivity index (χ4n) is 5.70. The van der Waals surface area contributed by atoms with E-state index in [1.165, 1.54) is 11.1 Å². The maximum absolute atomic E-state index is 13.6. The Hall–Kier alpha value is -3.29. The lowest BCUT2D eigenvalue weighted by atomic mass is 9.96. The van der Waals surface area contributed by atoms with Crippen LogP contribution in [0.1, 0.15) is 50.7 Å². The Morgan fingerprint density at radius 2 is 1.89 bits per heavy atom. The molecule has 1 amide bonds. The predicted octanol–water partition coefficient (Wildman–Crippen LogP) is 5.52. The molecule has 0 spiro atoms. The molecule has 0 saturated carbocycles. The van der Waals surface area contributed by atoms with Gasteiger partial charge in [0.1, 0.15) is 5.82 Å². The van der Waals surface area contributed by atoms with Gasteiger partial charge in [-0.3, -0.25) is 14.5 Å². The first-order chi connectivity index (χ1) is 18.4. The van der Waals surface area contributed by atoms with Gasteiger partial charge in [-0.1, -0.05) is 42.8 Å². The van der Waals surface area contributed by atoms with Gasteiger partial charge in [-0.25, -0.2) is 4.98 Å². The zero-order valence-corrected chi connectivity index (χ0v) is 23.0. The summed E-state index contributed by atoms with van der Waals surface area (Å²) in [7, 11) is 0. The minimum atomic E-state index is -0.559. The third-order valence-electron chi connectivity index (χ3n) is 7.93. The fourth-order valence-corrected chi connectivity index (χ4v) is 6.67. The molecule has 0 radical (unpaired) electrons. The van der Waals surface area contributed by atoms with Crippen LogP contribution >= 0.6 is 11.3 Å². The number of amides is 1. The van der Waals surface area contributed by atoms with Crippen molar-refractivity contribution in [3.05, 3.63) is 71.2 Å². The highest BCUT2D eigenvalue weighted by atomic mass is 32.1. The Morgan fingerprint density at radius 1 is 1.11 bits per heavy atom. The van der Waals surface area contributed by atoms with Gasteiger partial charge in [0, 0.05) is 41.2 Å². The van der Waals surface area contributed by atoms with Crippen LogP contribution in [0.4, 0.5) is 5.82 Å². The fraction of sp³-hybridized carbons (Fsp3) is 0.387. The highest BCUT2D eigenvalue weighted by Gasteiger charge is 2.28. The van der Waals surface area contributed by atoms with E-state index in [4.69, 9.17) is 5.73 Å². The van der Waals surface area contributed by atoms with E-state index in [1.807, 2.05) is 30.3 Å². The molecule has 3 heterocycles. The number of piperidine rings is 1. The lowest BCUT2D eigenvalue weighted by molar-refractivity contribution is -0.129. The molecule has 5 rings (SSSR count). The van der Waals surface area contributed by atoms with Gasteiger partial charge in [-0.05, 0) is 72.5 Å². The smallest absolute Gasteiger partial charge is 0.234 e. The molecule has 2 aromatic carbocycles. The minimum Gasteiger partial charge on any atom is -0.383 e. The monoisotopic (exact) mass is 528 g/mol. The molecule has 1 saturated heterocycles. The SMILES string of the molecule is C[C@@H]1CCC[C@H](C)N1CC(=O)N[C@@H](Cc1csc2ccccc12)C(=O)CCc1ccc2c(N)nccc2c1. The zero-order valence-electron chi connectivity index (χ0n) is 22.2. The van der Waals surface area contributed by atoms with Gasteiger partial charge in [0.05, 0.1) is 12.6 Å². The van der Waals surface area contributed by atoms with Crippen molar-refractivity contribution in [1.29, 1.82) is 0 Å². The van der Waals surface area contributed by atoms with Crippen LogP contribution in [0.3, 0.4) is 0 Å². The van der Waals surface area contributed by atoms with E-state index in [1.54, 1.807) is 17.5 Å². The van der Waals surface area contributed by atoms with Crippen molar-refractivity contribution in [3.63, 3.8) is 0 Å². The molecule has 1 aliphatic heterocycles. The van der Waals surface area contributed by atoms with E-state index < -0.39 is 6.04 Å². The molecular weight excluding hydrogens is 492 g/mol. The van der Waals surface area contributed by atoms with Gasteiger partial charge in [-0.2, -0.15) is 0 Å². The molecule has 3 N–H and O–H groups in total. The van der Waals surface area contributed by atoms with Crippen molar-refractivity contribution in [2.45, 2.75) is 70.5 Å². The van der Waals surface area contributed by atoms with E-state index in [9.17, 15) is 9.59 Å². The highest BCUT2D eigenvalue weighted by Crippen LogP contribution is 2.27. The third-order valence-corrected chi connectivity index (χ3v) is 8.94. The summed E-state index contributed by atoms with van der Waals surface area (Å²) in [6.45, 7) is 4.71. The number of aromatic nitrogens is 1. The van der Waals surface area contributed by atoms with Crippen LogP contribution in [0.25, 0.3) is 20.9 Å². The van der Waals surface area contributed by atoms with Gasteiger partial charge in [0.2, 0.25) is 5.91 Å². The molecule has 198 valence electrons. The maximum atomic E-state index is 13.6. The Morgan fingerprint density at radius 3 is 2.71 bits per heavy atom. The van der Waals surface area contributed by atoms with Gasteiger partial charge < -0.3 is 11.1 Å². The Bertz CT molecular complexity index is 1440. The number of aryl methyl sites for hydroxylation is 1. The lowest BCUT2D eigenvalue weighted by Crippen LogP contribution is -2.51. The van der Waals surface area contributed by atoms with Crippen LogP contribution < -0.4 is 11.1 Å².